The first-order valence-electron chi connectivity index (χ1n) is 5.27. The third-order valence-corrected chi connectivity index (χ3v) is 1.73. The first-order chi connectivity index (χ1) is 8.28. The van der Waals surface area contributed by atoms with E-state index < -0.39 is 18.1 Å². The zero-order chi connectivity index (χ0) is 13.8. The zero-order valence-corrected chi connectivity index (χ0v) is 11.6. The lowest BCUT2D eigenvalue weighted by Crippen LogP contribution is -2.36. The van der Waals surface area contributed by atoms with E-state index >= 15 is 0 Å². The molecule has 0 radical (unpaired) electrons. The smallest absolute Gasteiger partial charge is 0.426 e. The van der Waals surface area contributed by atoms with Gasteiger partial charge in [0.1, 0.15) is 11.4 Å². The minimum absolute atomic E-state index is 0. The van der Waals surface area contributed by atoms with Crippen molar-refractivity contribution < 1.29 is 18.3 Å². The highest BCUT2D eigenvalue weighted by Gasteiger charge is 2.16. The standard InChI is InChI=1S/C11H15F2N3O2.ClH/c1-11(2,3)18-10(17)16-15-8-6-7(9(12)13)4-5-14-8;/h4-6,9H,1-3H3,(H,14,15)(H,16,17);1H. The van der Waals surface area contributed by atoms with Gasteiger partial charge in [-0.15, -0.1) is 12.4 Å². The van der Waals surface area contributed by atoms with Crippen molar-refractivity contribution in [2.45, 2.75) is 32.8 Å². The van der Waals surface area contributed by atoms with Gasteiger partial charge in [0.05, 0.1) is 0 Å². The van der Waals surface area contributed by atoms with Crippen molar-refractivity contribution >= 4 is 24.3 Å². The van der Waals surface area contributed by atoms with Crippen LogP contribution in [0.1, 0.15) is 32.8 Å². The van der Waals surface area contributed by atoms with Crippen LogP contribution in [0.25, 0.3) is 0 Å². The average Bonchev–Trinajstić information content (AvgIpc) is 2.24. The van der Waals surface area contributed by atoms with E-state index in [-0.39, 0.29) is 23.8 Å². The van der Waals surface area contributed by atoms with E-state index in [4.69, 9.17) is 4.74 Å². The van der Waals surface area contributed by atoms with E-state index in [2.05, 4.69) is 15.8 Å². The van der Waals surface area contributed by atoms with Crippen LogP contribution >= 0.6 is 12.4 Å². The van der Waals surface area contributed by atoms with Crippen molar-refractivity contribution in [3.05, 3.63) is 23.9 Å². The summed E-state index contributed by atoms with van der Waals surface area (Å²) in [5.74, 6) is 0.110. The molecule has 5 nitrogen and oxygen atoms in total. The van der Waals surface area contributed by atoms with E-state index in [9.17, 15) is 13.6 Å². The van der Waals surface area contributed by atoms with E-state index in [1.54, 1.807) is 20.8 Å². The molecule has 0 aliphatic carbocycles. The van der Waals surface area contributed by atoms with Crippen LogP contribution in [-0.4, -0.2) is 16.7 Å². The topological polar surface area (TPSA) is 63.2 Å². The molecule has 0 saturated carbocycles. The second kappa shape index (κ2) is 7.08. The van der Waals surface area contributed by atoms with Crippen LogP contribution in [0.4, 0.5) is 19.4 Å². The lowest BCUT2D eigenvalue weighted by atomic mass is 10.2. The van der Waals surface area contributed by atoms with Gasteiger partial charge in [0.15, 0.2) is 0 Å². The molecule has 1 amide bonds. The normalized spacial score (nSPS) is 10.6. The molecule has 0 aliphatic heterocycles. The van der Waals surface area contributed by atoms with Gasteiger partial charge in [-0.25, -0.2) is 24.0 Å². The van der Waals surface area contributed by atoms with Crippen LogP contribution in [0.3, 0.4) is 0 Å². The highest BCUT2D eigenvalue weighted by molar-refractivity contribution is 5.85. The average molecular weight is 296 g/mol. The van der Waals surface area contributed by atoms with Crippen molar-refractivity contribution in [2.24, 2.45) is 0 Å². The number of carbonyl (C=O) groups is 1. The Morgan fingerprint density at radius 2 is 2.05 bits per heavy atom. The number of anilines is 1. The van der Waals surface area contributed by atoms with Gasteiger partial charge in [-0.1, -0.05) is 0 Å². The van der Waals surface area contributed by atoms with E-state index in [1.807, 2.05) is 0 Å². The second-order valence-electron chi connectivity index (χ2n) is 4.53. The van der Waals surface area contributed by atoms with Crippen molar-refractivity contribution in [3.63, 3.8) is 0 Å². The monoisotopic (exact) mass is 295 g/mol. The Morgan fingerprint density at radius 3 is 2.58 bits per heavy atom. The number of rotatable bonds is 3. The minimum Gasteiger partial charge on any atom is -0.443 e. The summed E-state index contributed by atoms with van der Waals surface area (Å²) in [6.07, 6.45) is -2.08. The maximum Gasteiger partial charge on any atom is 0.426 e. The molecule has 19 heavy (non-hydrogen) atoms. The van der Waals surface area contributed by atoms with Crippen LogP contribution in [0.5, 0.6) is 0 Å². The van der Waals surface area contributed by atoms with Gasteiger partial charge < -0.3 is 4.74 Å². The Balaban J connectivity index is 0.00000324. The van der Waals surface area contributed by atoms with Crippen molar-refractivity contribution in [1.29, 1.82) is 0 Å². The van der Waals surface area contributed by atoms with Crippen LogP contribution in [0.15, 0.2) is 18.3 Å². The number of aromatic nitrogens is 1. The largest absolute Gasteiger partial charge is 0.443 e. The molecule has 0 saturated heterocycles. The highest BCUT2D eigenvalue weighted by atomic mass is 35.5. The number of ether oxygens (including phenoxy) is 1. The van der Waals surface area contributed by atoms with Gasteiger partial charge in [-0.05, 0) is 32.9 Å². The molecular formula is C11H16ClF2N3O2. The van der Waals surface area contributed by atoms with E-state index in [1.165, 1.54) is 12.3 Å². The fourth-order valence-electron chi connectivity index (χ4n) is 1.07. The summed E-state index contributed by atoms with van der Waals surface area (Å²) in [6.45, 7) is 5.13. The van der Waals surface area contributed by atoms with Crippen LogP contribution in [0.2, 0.25) is 0 Å². The summed E-state index contributed by atoms with van der Waals surface area (Å²) in [4.78, 5) is 15.1. The zero-order valence-electron chi connectivity index (χ0n) is 10.7. The second-order valence-corrected chi connectivity index (χ2v) is 4.53. The van der Waals surface area contributed by atoms with Gasteiger partial charge >= 0.3 is 6.09 Å². The molecule has 0 aliphatic rings. The molecule has 2 N–H and O–H groups in total. The molecule has 1 aromatic rings. The minimum atomic E-state index is -2.59. The quantitative estimate of drug-likeness (QED) is 0.840. The SMILES string of the molecule is CC(C)(C)OC(=O)NNc1cc(C(F)F)ccn1.Cl. The third kappa shape index (κ3) is 6.76. The van der Waals surface area contributed by atoms with Crippen molar-refractivity contribution in [1.82, 2.24) is 10.4 Å². The number of hydrogen-bond donors (Lipinski definition) is 2. The number of alkyl halides is 2. The molecule has 0 fully saturated rings. The first-order valence-corrected chi connectivity index (χ1v) is 5.27. The lowest BCUT2D eigenvalue weighted by molar-refractivity contribution is 0.0541. The van der Waals surface area contributed by atoms with Crippen molar-refractivity contribution in [2.75, 3.05) is 5.43 Å². The van der Waals surface area contributed by atoms with Gasteiger partial charge in [0.2, 0.25) is 0 Å². The summed E-state index contributed by atoms with van der Waals surface area (Å²) in [5, 5.41) is 0. The van der Waals surface area contributed by atoms with Crippen LogP contribution in [-0.2, 0) is 4.74 Å². The number of hydrogen-bond acceptors (Lipinski definition) is 4. The number of nitrogens with one attached hydrogen (secondary N) is 2. The number of halogens is 3. The maximum absolute atomic E-state index is 12.4. The predicted octanol–water partition coefficient (Wildman–Crippen LogP) is 3.29. The highest BCUT2D eigenvalue weighted by Crippen LogP contribution is 2.19. The summed E-state index contributed by atoms with van der Waals surface area (Å²) in [5.41, 5.74) is 3.78. The summed E-state index contributed by atoms with van der Waals surface area (Å²) in [7, 11) is 0. The summed E-state index contributed by atoms with van der Waals surface area (Å²) in [6, 6.07) is 2.34. The van der Waals surface area contributed by atoms with Crippen LogP contribution < -0.4 is 10.9 Å². The molecule has 0 aromatic carbocycles. The Bertz CT molecular complexity index is 425. The molecular weight excluding hydrogens is 280 g/mol. The number of carbonyl (C=O) groups excluding carboxylic acids is 1. The van der Waals surface area contributed by atoms with Crippen molar-refractivity contribution in [3.8, 4) is 0 Å². The van der Waals surface area contributed by atoms with Gasteiger partial charge in [-0.3, -0.25) is 5.43 Å². The number of amides is 1. The molecule has 0 unspecified atom stereocenters. The lowest BCUT2D eigenvalue weighted by Gasteiger charge is -2.19. The van der Waals surface area contributed by atoms with Crippen LogP contribution in [0, 0.1) is 0 Å². The Morgan fingerprint density at radius 1 is 1.42 bits per heavy atom. The fraction of sp³-hybridized carbons (Fsp3) is 0.455. The number of nitrogens with zero attached hydrogens (tertiary/aromatic N) is 1. The first kappa shape index (κ1) is 17.4. The maximum atomic E-state index is 12.4. The van der Waals surface area contributed by atoms with E-state index in [0.29, 0.717) is 0 Å². The Hall–Kier alpha value is -1.63. The number of hydrazine groups is 1. The summed E-state index contributed by atoms with van der Waals surface area (Å²) >= 11 is 0. The molecule has 0 atom stereocenters. The third-order valence-electron chi connectivity index (χ3n) is 1.73. The van der Waals surface area contributed by atoms with Gasteiger partial charge in [0.25, 0.3) is 6.43 Å². The summed E-state index contributed by atoms with van der Waals surface area (Å²) < 4.78 is 29.8. The van der Waals surface area contributed by atoms with E-state index in [0.717, 1.165) is 6.07 Å². The molecule has 0 spiro atoms. The Kier molecular flexibility index (Phi) is 6.47. The molecule has 1 aromatic heterocycles. The fourth-order valence-corrected chi connectivity index (χ4v) is 1.07. The van der Waals surface area contributed by atoms with Gasteiger partial charge in [0, 0.05) is 11.8 Å². The molecule has 1 heterocycles. The Labute approximate surface area is 116 Å². The molecule has 108 valence electrons. The number of pyridine rings is 1. The molecule has 0 bridgehead atoms. The predicted molar refractivity (Wildman–Crippen MR) is 69.4 cm³/mol. The van der Waals surface area contributed by atoms with Gasteiger partial charge in [-0.2, -0.15) is 0 Å². The molecule has 8 heteroatoms. The molecule has 1 rings (SSSR count).